The average molecular weight is 252 g/mol. The lowest BCUT2D eigenvalue weighted by molar-refractivity contribution is 0.235. The van der Waals surface area contributed by atoms with Gasteiger partial charge in [0.25, 0.3) is 0 Å². The first-order chi connectivity index (χ1) is 8.66. The van der Waals surface area contributed by atoms with Crippen LogP contribution in [0.5, 0.6) is 5.75 Å². The second-order valence-corrected chi connectivity index (χ2v) is 4.87. The molecule has 1 unspecified atom stereocenters. The third-order valence-electron chi connectivity index (χ3n) is 3.33. The maximum atomic E-state index is 13.2. The van der Waals surface area contributed by atoms with Crippen molar-refractivity contribution in [1.82, 2.24) is 4.90 Å². The summed E-state index contributed by atoms with van der Waals surface area (Å²) in [5.41, 5.74) is 6.70. The minimum atomic E-state index is -0.282. The van der Waals surface area contributed by atoms with Gasteiger partial charge in [0, 0.05) is 24.2 Å². The summed E-state index contributed by atoms with van der Waals surface area (Å²) in [5, 5.41) is 0. The van der Waals surface area contributed by atoms with E-state index in [-0.39, 0.29) is 11.9 Å². The smallest absolute Gasteiger partial charge is 0.127 e. The van der Waals surface area contributed by atoms with Gasteiger partial charge < -0.3 is 10.5 Å². The molecule has 1 aliphatic rings. The molecule has 100 valence electrons. The van der Waals surface area contributed by atoms with E-state index in [0.717, 1.165) is 25.2 Å². The van der Waals surface area contributed by atoms with E-state index in [1.807, 2.05) is 6.92 Å². The van der Waals surface area contributed by atoms with Gasteiger partial charge in [0.2, 0.25) is 0 Å². The summed E-state index contributed by atoms with van der Waals surface area (Å²) in [6.45, 7) is 5.65. The van der Waals surface area contributed by atoms with Crippen LogP contribution in [-0.4, -0.2) is 31.1 Å². The number of halogens is 1. The van der Waals surface area contributed by atoms with E-state index in [1.54, 1.807) is 6.07 Å². The van der Waals surface area contributed by atoms with E-state index < -0.39 is 0 Å². The van der Waals surface area contributed by atoms with Crippen molar-refractivity contribution >= 4 is 0 Å². The van der Waals surface area contributed by atoms with Crippen molar-refractivity contribution in [3.8, 4) is 5.75 Å². The highest BCUT2D eigenvalue weighted by molar-refractivity contribution is 5.36. The maximum absolute atomic E-state index is 13.2. The van der Waals surface area contributed by atoms with E-state index in [1.165, 1.54) is 25.0 Å². The lowest BCUT2D eigenvalue weighted by Crippen LogP contribution is -2.25. The fourth-order valence-corrected chi connectivity index (χ4v) is 2.30. The van der Waals surface area contributed by atoms with Gasteiger partial charge in [-0.2, -0.15) is 0 Å². The van der Waals surface area contributed by atoms with Crippen molar-refractivity contribution in [1.29, 1.82) is 0 Å². The molecule has 1 heterocycles. The number of benzene rings is 1. The summed E-state index contributed by atoms with van der Waals surface area (Å²) >= 11 is 0. The topological polar surface area (TPSA) is 38.5 Å². The number of ether oxygens (including phenoxy) is 1. The first kappa shape index (κ1) is 13.3. The Labute approximate surface area is 108 Å². The Morgan fingerprint density at radius 1 is 1.39 bits per heavy atom. The van der Waals surface area contributed by atoms with Crippen LogP contribution in [0, 0.1) is 5.82 Å². The summed E-state index contributed by atoms with van der Waals surface area (Å²) in [6, 6.07) is 4.40. The van der Waals surface area contributed by atoms with Crippen molar-refractivity contribution in [3.05, 3.63) is 29.6 Å². The number of nitrogens with zero attached hydrogens (tertiary/aromatic N) is 1. The van der Waals surface area contributed by atoms with Gasteiger partial charge in [-0.05, 0) is 38.9 Å². The van der Waals surface area contributed by atoms with Gasteiger partial charge >= 0.3 is 0 Å². The summed E-state index contributed by atoms with van der Waals surface area (Å²) < 4.78 is 18.9. The van der Waals surface area contributed by atoms with Crippen LogP contribution in [-0.2, 0) is 0 Å². The van der Waals surface area contributed by atoms with E-state index in [2.05, 4.69) is 4.90 Å². The van der Waals surface area contributed by atoms with Crippen LogP contribution < -0.4 is 10.5 Å². The molecule has 4 heteroatoms. The van der Waals surface area contributed by atoms with Crippen LogP contribution in [0.15, 0.2) is 18.2 Å². The Balaban J connectivity index is 1.92. The van der Waals surface area contributed by atoms with Gasteiger partial charge in [-0.3, -0.25) is 4.90 Å². The van der Waals surface area contributed by atoms with Crippen LogP contribution >= 0.6 is 0 Å². The van der Waals surface area contributed by atoms with E-state index >= 15 is 0 Å². The predicted molar refractivity (Wildman–Crippen MR) is 70.2 cm³/mol. The lowest BCUT2D eigenvalue weighted by Gasteiger charge is -2.17. The highest BCUT2D eigenvalue weighted by Crippen LogP contribution is 2.24. The van der Waals surface area contributed by atoms with Crippen molar-refractivity contribution in [3.63, 3.8) is 0 Å². The quantitative estimate of drug-likeness (QED) is 0.874. The fourth-order valence-electron chi connectivity index (χ4n) is 2.30. The molecular formula is C14H21FN2O. The number of nitrogens with two attached hydrogens (primary N) is 1. The second-order valence-electron chi connectivity index (χ2n) is 4.87. The molecule has 0 aliphatic carbocycles. The van der Waals surface area contributed by atoms with Crippen LogP contribution in [0.3, 0.4) is 0 Å². The first-order valence-electron chi connectivity index (χ1n) is 6.57. The molecule has 0 radical (unpaired) electrons. The zero-order chi connectivity index (χ0) is 13.0. The Kier molecular flexibility index (Phi) is 4.55. The fraction of sp³-hybridized carbons (Fsp3) is 0.571. The number of rotatable bonds is 5. The van der Waals surface area contributed by atoms with Crippen molar-refractivity contribution in [2.75, 3.05) is 26.2 Å². The van der Waals surface area contributed by atoms with Crippen LogP contribution in [0.25, 0.3) is 0 Å². The maximum Gasteiger partial charge on any atom is 0.127 e. The number of likely N-dealkylation sites (tertiary alicyclic amines) is 1. The molecule has 0 aromatic heterocycles. The minimum Gasteiger partial charge on any atom is -0.492 e. The van der Waals surface area contributed by atoms with Gasteiger partial charge in [-0.1, -0.05) is 6.07 Å². The molecule has 2 rings (SSSR count). The van der Waals surface area contributed by atoms with Gasteiger partial charge in [0.15, 0.2) is 0 Å². The van der Waals surface area contributed by atoms with Gasteiger partial charge in [0.1, 0.15) is 18.2 Å². The van der Waals surface area contributed by atoms with Crippen molar-refractivity contribution in [2.24, 2.45) is 5.73 Å². The Morgan fingerprint density at radius 2 is 2.11 bits per heavy atom. The van der Waals surface area contributed by atoms with Gasteiger partial charge in [-0.15, -0.1) is 0 Å². The average Bonchev–Trinajstić information content (AvgIpc) is 2.82. The molecule has 1 atom stereocenters. The Bertz CT molecular complexity index is 389. The number of hydrogen-bond acceptors (Lipinski definition) is 3. The van der Waals surface area contributed by atoms with Crippen LogP contribution in [0.1, 0.15) is 31.4 Å². The predicted octanol–water partition coefficient (Wildman–Crippen LogP) is 2.32. The monoisotopic (exact) mass is 252 g/mol. The summed E-state index contributed by atoms with van der Waals surface area (Å²) in [7, 11) is 0. The highest BCUT2D eigenvalue weighted by atomic mass is 19.1. The molecule has 1 aromatic rings. The molecule has 0 bridgehead atoms. The van der Waals surface area contributed by atoms with Gasteiger partial charge in [0.05, 0.1) is 0 Å². The third kappa shape index (κ3) is 3.43. The molecule has 0 saturated carbocycles. The lowest BCUT2D eigenvalue weighted by atomic mass is 10.1. The van der Waals surface area contributed by atoms with E-state index in [0.29, 0.717) is 12.4 Å². The SMILES string of the molecule is CC(N)c1ccc(F)cc1OCCN1CCCC1. The summed E-state index contributed by atoms with van der Waals surface area (Å²) in [4.78, 5) is 2.37. The van der Waals surface area contributed by atoms with Crippen molar-refractivity contribution < 1.29 is 9.13 Å². The Hall–Kier alpha value is -1.13. The summed E-state index contributed by atoms with van der Waals surface area (Å²) in [5.74, 6) is 0.291. The zero-order valence-electron chi connectivity index (χ0n) is 10.9. The molecule has 0 amide bonds. The number of hydrogen-bond donors (Lipinski definition) is 1. The summed E-state index contributed by atoms with van der Waals surface area (Å²) in [6.07, 6.45) is 2.54. The van der Waals surface area contributed by atoms with E-state index in [4.69, 9.17) is 10.5 Å². The molecule has 18 heavy (non-hydrogen) atoms. The van der Waals surface area contributed by atoms with Crippen molar-refractivity contribution in [2.45, 2.75) is 25.8 Å². The zero-order valence-corrected chi connectivity index (χ0v) is 10.9. The second kappa shape index (κ2) is 6.16. The molecule has 3 nitrogen and oxygen atoms in total. The van der Waals surface area contributed by atoms with Crippen LogP contribution in [0.4, 0.5) is 4.39 Å². The molecule has 1 aliphatic heterocycles. The Morgan fingerprint density at radius 3 is 2.78 bits per heavy atom. The molecule has 1 saturated heterocycles. The molecule has 0 spiro atoms. The van der Waals surface area contributed by atoms with E-state index in [9.17, 15) is 4.39 Å². The third-order valence-corrected chi connectivity index (χ3v) is 3.33. The highest BCUT2D eigenvalue weighted by Gasteiger charge is 2.13. The van der Waals surface area contributed by atoms with Crippen LogP contribution in [0.2, 0.25) is 0 Å². The standard InChI is InChI=1S/C14H21FN2O/c1-11(16)13-5-4-12(15)10-14(13)18-9-8-17-6-2-3-7-17/h4-5,10-11H,2-3,6-9,16H2,1H3. The normalized spacial score (nSPS) is 17.9. The molecule has 1 fully saturated rings. The molecular weight excluding hydrogens is 231 g/mol. The largest absolute Gasteiger partial charge is 0.492 e. The first-order valence-corrected chi connectivity index (χ1v) is 6.57. The van der Waals surface area contributed by atoms with Gasteiger partial charge in [-0.25, -0.2) is 4.39 Å². The minimum absolute atomic E-state index is 0.146. The molecule has 1 aromatic carbocycles. The molecule has 2 N–H and O–H groups in total.